The highest BCUT2D eigenvalue weighted by Crippen LogP contribution is 2.09. The molecule has 7 nitrogen and oxygen atoms in total. The Kier molecular flexibility index (Phi) is 5.88. The summed E-state index contributed by atoms with van der Waals surface area (Å²) in [5, 5.41) is 23.2. The van der Waals surface area contributed by atoms with Gasteiger partial charge in [-0.3, -0.25) is 4.79 Å². The second kappa shape index (κ2) is 7.18. The van der Waals surface area contributed by atoms with Gasteiger partial charge in [-0.15, -0.1) is 5.10 Å². The molecular formula is C12H23N5O2. The number of aliphatic hydroxyl groups is 1. The first-order chi connectivity index (χ1) is 8.95. The molecule has 0 aliphatic heterocycles. The van der Waals surface area contributed by atoms with Crippen molar-refractivity contribution in [2.45, 2.75) is 52.6 Å². The van der Waals surface area contributed by atoms with Crippen LogP contribution in [0.1, 0.15) is 45.9 Å². The van der Waals surface area contributed by atoms with Gasteiger partial charge >= 0.3 is 0 Å². The number of hydrogen-bond acceptors (Lipinski definition) is 5. The van der Waals surface area contributed by atoms with Crippen LogP contribution in [0.2, 0.25) is 0 Å². The fraction of sp³-hybridized carbons (Fsp3) is 0.833. The number of hydrogen-bond donors (Lipinski definition) is 2. The van der Waals surface area contributed by atoms with Gasteiger partial charge in [-0.1, -0.05) is 27.7 Å². The van der Waals surface area contributed by atoms with Crippen molar-refractivity contribution in [3.8, 4) is 0 Å². The predicted molar refractivity (Wildman–Crippen MR) is 70.4 cm³/mol. The zero-order valence-electron chi connectivity index (χ0n) is 12.0. The maximum absolute atomic E-state index is 12.0. The van der Waals surface area contributed by atoms with Crippen molar-refractivity contribution in [2.75, 3.05) is 6.61 Å². The topological polar surface area (TPSA) is 92.9 Å². The van der Waals surface area contributed by atoms with E-state index in [2.05, 4.69) is 20.8 Å². The van der Waals surface area contributed by atoms with Crippen molar-refractivity contribution in [1.29, 1.82) is 0 Å². The summed E-state index contributed by atoms with van der Waals surface area (Å²) in [6, 6.07) is -0.0310. The Bertz CT molecular complexity index is 403. The van der Waals surface area contributed by atoms with Crippen LogP contribution in [-0.2, 0) is 11.3 Å². The Morgan fingerprint density at radius 1 is 1.37 bits per heavy atom. The molecule has 0 saturated carbocycles. The molecular weight excluding hydrogens is 246 g/mol. The van der Waals surface area contributed by atoms with E-state index < -0.39 is 0 Å². The average molecular weight is 269 g/mol. The molecule has 1 heterocycles. The van der Waals surface area contributed by atoms with Crippen molar-refractivity contribution < 1.29 is 9.90 Å². The molecule has 0 bridgehead atoms. The van der Waals surface area contributed by atoms with E-state index in [1.807, 2.05) is 27.7 Å². The summed E-state index contributed by atoms with van der Waals surface area (Å²) >= 11 is 0. The smallest absolute Gasteiger partial charge is 0.242 e. The predicted octanol–water partition coefficient (Wildman–Crippen LogP) is 0.320. The Balaban J connectivity index is 2.61. The van der Waals surface area contributed by atoms with Gasteiger partial charge in [-0.2, -0.15) is 0 Å². The van der Waals surface area contributed by atoms with Crippen LogP contribution in [0.15, 0.2) is 0 Å². The summed E-state index contributed by atoms with van der Waals surface area (Å²) in [4.78, 5) is 12.0. The van der Waals surface area contributed by atoms with E-state index in [0.29, 0.717) is 12.2 Å². The SMILES string of the molecule is CC(C)c1nnnn1CC(=O)NC(CCO)C(C)C. The van der Waals surface area contributed by atoms with Crippen LogP contribution in [0.25, 0.3) is 0 Å². The second-order valence-corrected chi connectivity index (χ2v) is 5.28. The Hall–Kier alpha value is -1.50. The molecule has 0 aliphatic carbocycles. The van der Waals surface area contributed by atoms with Crippen LogP contribution < -0.4 is 5.32 Å². The lowest BCUT2D eigenvalue weighted by atomic mass is 10.0. The van der Waals surface area contributed by atoms with Crippen LogP contribution >= 0.6 is 0 Å². The van der Waals surface area contributed by atoms with E-state index in [1.165, 1.54) is 4.68 Å². The summed E-state index contributed by atoms with van der Waals surface area (Å²) in [7, 11) is 0. The molecule has 1 amide bonds. The van der Waals surface area contributed by atoms with Crippen molar-refractivity contribution in [3.05, 3.63) is 5.82 Å². The monoisotopic (exact) mass is 269 g/mol. The molecule has 0 radical (unpaired) electrons. The molecule has 1 atom stereocenters. The summed E-state index contributed by atoms with van der Waals surface area (Å²) in [5.41, 5.74) is 0. The number of aliphatic hydroxyl groups excluding tert-OH is 1. The number of amides is 1. The fourth-order valence-corrected chi connectivity index (χ4v) is 1.84. The lowest BCUT2D eigenvalue weighted by Gasteiger charge is -2.21. The van der Waals surface area contributed by atoms with Gasteiger partial charge in [0, 0.05) is 18.6 Å². The number of nitrogens with one attached hydrogen (secondary N) is 1. The average Bonchev–Trinajstić information content (AvgIpc) is 2.76. The van der Waals surface area contributed by atoms with Gasteiger partial charge in [0.2, 0.25) is 5.91 Å². The highest BCUT2D eigenvalue weighted by atomic mass is 16.3. The van der Waals surface area contributed by atoms with E-state index in [9.17, 15) is 4.79 Å². The minimum atomic E-state index is -0.138. The molecule has 1 aromatic heterocycles. The normalized spacial score (nSPS) is 13.0. The molecule has 0 saturated heterocycles. The van der Waals surface area contributed by atoms with Gasteiger partial charge in [0.15, 0.2) is 5.82 Å². The second-order valence-electron chi connectivity index (χ2n) is 5.28. The van der Waals surface area contributed by atoms with E-state index in [0.717, 1.165) is 0 Å². The number of aromatic nitrogens is 4. The Morgan fingerprint density at radius 2 is 2.05 bits per heavy atom. The van der Waals surface area contributed by atoms with E-state index >= 15 is 0 Å². The maximum atomic E-state index is 12.0. The molecule has 7 heteroatoms. The lowest BCUT2D eigenvalue weighted by molar-refractivity contribution is -0.123. The quantitative estimate of drug-likeness (QED) is 0.743. The van der Waals surface area contributed by atoms with E-state index in [4.69, 9.17) is 5.11 Å². The first-order valence-corrected chi connectivity index (χ1v) is 6.62. The molecule has 1 rings (SSSR count). The Morgan fingerprint density at radius 3 is 2.58 bits per heavy atom. The zero-order chi connectivity index (χ0) is 14.4. The van der Waals surface area contributed by atoms with Crippen molar-refractivity contribution >= 4 is 5.91 Å². The van der Waals surface area contributed by atoms with Gasteiger partial charge in [0.05, 0.1) is 0 Å². The van der Waals surface area contributed by atoms with E-state index in [1.54, 1.807) is 0 Å². The summed E-state index contributed by atoms with van der Waals surface area (Å²) < 4.78 is 1.51. The van der Waals surface area contributed by atoms with Crippen LogP contribution in [0, 0.1) is 5.92 Å². The number of nitrogens with zero attached hydrogens (tertiary/aromatic N) is 4. The molecule has 0 aliphatic rings. The van der Waals surface area contributed by atoms with Gasteiger partial charge in [-0.05, 0) is 22.8 Å². The van der Waals surface area contributed by atoms with Gasteiger partial charge in [0.25, 0.3) is 0 Å². The molecule has 2 N–H and O–H groups in total. The number of rotatable bonds is 7. The first-order valence-electron chi connectivity index (χ1n) is 6.62. The maximum Gasteiger partial charge on any atom is 0.242 e. The summed E-state index contributed by atoms with van der Waals surface area (Å²) in [5.74, 6) is 0.996. The molecule has 1 unspecified atom stereocenters. The van der Waals surface area contributed by atoms with Crippen molar-refractivity contribution in [3.63, 3.8) is 0 Å². The van der Waals surface area contributed by atoms with Crippen LogP contribution in [0.4, 0.5) is 0 Å². The van der Waals surface area contributed by atoms with Crippen LogP contribution in [0.5, 0.6) is 0 Å². The van der Waals surface area contributed by atoms with Crippen LogP contribution in [-0.4, -0.2) is 43.9 Å². The number of tetrazole rings is 1. The minimum Gasteiger partial charge on any atom is -0.396 e. The first kappa shape index (κ1) is 15.6. The number of carbonyl (C=O) groups is 1. The van der Waals surface area contributed by atoms with Crippen molar-refractivity contribution in [1.82, 2.24) is 25.5 Å². The zero-order valence-corrected chi connectivity index (χ0v) is 12.0. The van der Waals surface area contributed by atoms with Gasteiger partial charge in [-0.25, -0.2) is 4.68 Å². The van der Waals surface area contributed by atoms with Crippen molar-refractivity contribution in [2.24, 2.45) is 5.92 Å². The fourth-order valence-electron chi connectivity index (χ4n) is 1.84. The molecule has 0 spiro atoms. The standard InChI is InChI=1S/C12H23N5O2/c1-8(2)10(5-6-18)13-11(19)7-17-12(9(3)4)14-15-16-17/h8-10,18H,5-7H2,1-4H3,(H,13,19). The lowest BCUT2D eigenvalue weighted by Crippen LogP contribution is -2.41. The third kappa shape index (κ3) is 4.59. The molecule has 19 heavy (non-hydrogen) atoms. The highest BCUT2D eigenvalue weighted by Gasteiger charge is 2.18. The summed E-state index contributed by atoms with van der Waals surface area (Å²) in [6.07, 6.45) is 0.552. The molecule has 0 fully saturated rings. The Labute approximate surface area is 113 Å². The van der Waals surface area contributed by atoms with Gasteiger partial charge in [0.1, 0.15) is 6.54 Å². The summed E-state index contributed by atoms with van der Waals surface area (Å²) in [6.45, 7) is 8.14. The van der Waals surface area contributed by atoms with E-state index in [-0.39, 0.29) is 36.9 Å². The third-order valence-electron chi connectivity index (χ3n) is 2.96. The third-order valence-corrected chi connectivity index (χ3v) is 2.96. The molecule has 1 aromatic rings. The molecule has 108 valence electrons. The number of carbonyl (C=O) groups excluding carboxylic acids is 1. The highest BCUT2D eigenvalue weighted by molar-refractivity contribution is 5.76. The minimum absolute atomic E-state index is 0.0310. The van der Waals surface area contributed by atoms with Gasteiger partial charge < -0.3 is 10.4 Å². The largest absolute Gasteiger partial charge is 0.396 e. The molecule has 0 aromatic carbocycles. The van der Waals surface area contributed by atoms with Crippen LogP contribution in [0.3, 0.4) is 0 Å².